The number of rotatable bonds is 3. The van der Waals surface area contributed by atoms with E-state index in [-0.39, 0.29) is 0 Å². The van der Waals surface area contributed by atoms with Gasteiger partial charge in [-0.1, -0.05) is 24.3 Å². The van der Waals surface area contributed by atoms with Crippen LogP contribution in [0.3, 0.4) is 0 Å². The number of benzene rings is 2. The molecule has 2 aromatic carbocycles. The molecule has 1 heterocycles. The van der Waals surface area contributed by atoms with Gasteiger partial charge in [-0.2, -0.15) is 0 Å². The van der Waals surface area contributed by atoms with Crippen molar-refractivity contribution in [2.75, 3.05) is 6.26 Å². The van der Waals surface area contributed by atoms with Gasteiger partial charge in [0.05, 0.1) is 11.4 Å². The first-order valence-corrected chi connectivity index (χ1v) is 8.70. The Morgan fingerprint density at radius 1 is 1.05 bits per heavy atom. The molecular weight excluding hydrogens is 286 g/mol. The van der Waals surface area contributed by atoms with Crippen molar-refractivity contribution in [3.63, 3.8) is 0 Å². The van der Waals surface area contributed by atoms with Gasteiger partial charge in [0.1, 0.15) is 0 Å². The SMILES string of the molecule is CC(C(O)c1ccc2[nH]c3ccccc3c2c1)S(C)(=O)=O. The first kappa shape index (κ1) is 14.1. The molecule has 0 bridgehead atoms. The smallest absolute Gasteiger partial charge is 0.152 e. The second kappa shape index (κ2) is 4.86. The Bertz CT molecular complexity index is 912. The highest BCUT2D eigenvalue weighted by atomic mass is 32.2. The molecule has 110 valence electrons. The van der Waals surface area contributed by atoms with Gasteiger partial charge in [0.15, 0.2) is 9.84 Å². The molecule has 1 aromatic heterocycles. The summed E-state index contributed by atoms with van der Waals surface area (Å²) < 4.78 is 23.2. The summed E-state index contributed by atoms with van der Waals surface area (Å²) >= 11 is 0. The summed E-state index contributed by atoms with van der Waals surface area (Å²) in [6, 6.07) is 13.4. The maximum Gasteiger partial charge on any atom is 0.152 e. The monoisotopic (exact) mass is 303 g/mol. The zero-order chi connectivity index (χ0) is 15.2. The van der Waals surface area contributed by atoms with Crippen LogP contribution in [-0.2, 0) is 9.84 Å². The van der Waals surface area contributed by atoms with Crippen molar-refractivity contribution in [2.24, 2.45) is 0 Å². The summed E-state index contributed by atoms with van der Waals surface area (Å²) in [6.45, 7) is 1.53. The molecule has 0 spiro atoms. The number of aromatic nitrogens is 1. The minimum atomic E-state index is -3.29. The maximum absolute atomic E-state index is 11.6. The Hall–Kier alpha value is -1.85. The fourth-order valence-corrected chi connectivity index (χ4v) is 3.18. The number of hydrogen-bond acceptors (Lipinski definition) is 3. The van der Waals surface area contributed by atoms with Crippen LogP contribution in [0.1, 0.15) is 18.6 Å². The van der Waals surface area contributed by atoms with Gasteiger partial charge in [-0.05, 0) is 30.7 Å². The molecule has 3 aromatic rings. The van der Waals surface area contributed by atoms with Crippen LogP contribution in [0.15, 0.2) is 42.5 Å². The third-order valence-electron chi connectivity index (χ3n) is 3.99. The molecule has 5 heteroatoms. The van der Waals surface area contributed by atoms with Gasteiger partial charge in [0.25, 0.3) is 0 Å². The van der Waals surface area contributed by atoms with Crippen LogP contribution in [0.2, 0.25) is 0 Å². The van der Waals surface area contributed by atoms with Crippen LogP contribution in [-0.4, -0.2) is 30.0 Å². The lowest BCUT2D eigenvalue weighted by Gasteiger charge is -2.17. The normalized spacial score (nSPS) is 15.4. The number of nitrogens with one attached hydrogen (secondary N) is 1. The zero-order valence-corrected chi connectivity index (χ0v) is 12.7. The second-order valence-corrected chi connectivity index (χ2v) is 7.86. The van der Waals surface area contributed by atoms with E-state index < -0.39 is 21.2 Å². The molecule has 0 amide bonds. The summed E-state index contributed by atoms with van der Waals surface area (Å²) in [5, 5.41) is 11.5. The number of sulfone groups is 1. The fourth-order valence-electron chi connectivity index (χ4n) is 2.55. The number of aliphatic hydroxyl groups is 1. The van der Waals surface area contributed by atoms with Crippen LogP contribution in [0.4, 0.5) is 0 Å². The van der Waals surface area contributed by atoms with E-state index in [2.05, 4.69) is 4.98 Å². The minimum Gasteiger partial charge on any atom is -0.387 e. The molecule has 2 atom stereocenters. The predicted octanol–water partition coefficient (Wildman–Crippen LogP) is 2.79. The van der Waals surface area contributed by atoms with Crippen molar-refractivity contribution in [1.82, 2.24) is 4.98 Å². The van der Waals surface area contributed by atoms with Crippen molar-refractivity contribution in [3.05, 3.63) is 48.0 Å². The number of aromatic amines is 1. The van der Waals surface area contributed by atoms with E-state index in [0.717, 1.165) is 28.1 Å². The predicted molar refractivity (Wildman–Crippen MR) is 85.1 cm³/mol. The number of para-hydroxylation sites is 1. The van der Waals surface area contributed by atoms with Crippen molar-refractivity contribution in [2.45, 2.75) is 18.3 Å². The highest BCUT2D eigenvalue weighted by Gasteiger charge is 2.25. The van der Waals surface area contributed by atoms with Crippen molar-refractivity contribution in [3.8, 4) is 0 Å². The topological polar surface area (TPSA) is 70.2 Å². The Morgan fingerprint density at radius 2 is 1.71 bits per heavy atom. The fraction of sp³-hybridized carbons (Fsp3) is 0.250. The molecule has 2 unspecified atom stereocenters. The largest absolute Gasteiger partial charge is 0.387 e. The lowest BCUT2D eigenvalue weighted by Crippen LogP contribution is -2.24. The maximum atomic E-state index is 11.6. The Morgan fingerprint density at radius 3 is 2.43 bits per heavy atom. The molecule has 0 aliphatic heterocycles. The van der Waals surface area contributed by atoms with Gasteiger partial charge in [-0.25, -0.2) is 8.42 Å². The molecule has 2 N–H and O–H groups in total. The first-order chi connectivity index (χ1) is 9.88. The van der Waals surface area contributed by atoms with Crippen molar-refractivity contribution < 1.29 is 13.5 Å². The molecule has 3 rings (SSSR count). The van der Waals surface area contributed by atoms with E-state index in [1.54, 1.807) is 6.07 Å². The summed E-state index contributed by atoms with van der Waals surface area (Å²) in [4.78, 5) is 3.30. The van der Waals surface area contributed by atoms with Crippen LogP contribution in [0, 0.1) is 0 Å². The van der Waals surface area contributed by atoms with Gasteiger partial charge in [-0.3, -0.25) is 0 Å². The highest BCUT2D eigenvalue weighted by Crippen LogP contribution is 2.29. The number of fused-ring (bicyclic) bond motifs is 3. The third kappa shape index (κ3) is 2.43. The molecular formula is C16H17NO3S. The second-order valence-electron chi connectivity index (χ2n) is 5.46. The molecule has 0 saturated carbocycles. The van der Waals surface area contributed by atoms with Gasteiger partial charge < -0.3 is 10.1 Å². The van der Waals surface area contributed by atoms with Crippen LogP contribution in [0.25, 0.3) is 21.8 Å². The number of H-pyrrole nitrogens is 1. The zero-order valence-electron chi connectivity index (χ0n) is 11.9. The third-order valence-corrected chi connectivity index (χ3v) is 5.60. The Balaban J connectivity index is 2.14. The van der Waals surface area contributed by atoms with Crippen molar-refractivity contribution >= 4 is 31.6 Å². The Kier molecular flexibility index (Phi) is 3.26. The summed E-state index contributed by atoms with van der Waals surface area (Å²) in [5.74, 6) is 0. The van der Waals surface area contributed by atoms with Gasteiger partial charge in [0.2, 0.25) is 0 Å². The molecule has 0 aliphatic rings. The average molecular weight is 303 g/mol. The van der Waals surface area contributed by atoms with Crippen LogP contribution < -0.4 is 0 Å². The Labute approximate surface area is 123 Å². The van der Waals surface area contributed by atoms with E-state index >= 15 is 0 Å². The van der Waals surface area contributed by atoms with E-state index in [1.807, 2.05) is 36.4 Å². The van der Waals surface area contributed by atoms with E-state index in [9.17, 15) is 13.5 Å². The lowest BCUT2D eigenvalue weighted by molar-refractivity contribution is 0.176. The number of aliphatic hydroxyl groups excluding tert-OH is 1. The molecule has 4 nitrogen and oxygen atoms in total. The molecule has 0 aliphatic carbocycles. The lowest BCUT2D eigenvalue weighted by atomic mass is 10.0. The van der Waals surface area contributed by atoms with E-state index in [0.29, 0.717) is 5.56 Å². The van der Waals surface area contributed by atoms with Crippen LogP contribution >= 0.6 is 0 Å². The quantitative estimate of drug-likeness (QED) is 0.781. The standard InChI is InChI=1S/C16H17NO3S/c1-10(21(2,19)20)16(18)11-7-8-15-13(9-11)12-5-3-4-6-14(12)17-15/h3-10,16-18H,1-2H3. The van der Waals surface area contributed by atoms with Crippen LogP contribution in [0.5, 0.6) is 0 Å². The van der Waals surface area contributed by atoms with E-state index in [1.165, 1.54) is 6.92 Å². The molecule has 0 saturated heterocycles. The van der Waals surface area contributed by atoms with E-state index in [4.69, 9.17) is 0 Å². The summed E-state index contributed by atoms with van der Waals surface area (Å²) in [6.07, 6.45) is 0.114. The van der Waals surface area contributed by atoms with Gasteiger partial charge >= 0.3 is 0 Å². The first-order valence-electron chi connectivity index (χ1n) is 6.75. The summed E-state index contributed by atoms with van der Waals surface area (Å²) in [7, 11) is -3.29. The molecule has 21 heavy (non-hydrogen) atoms. The summed E-state index contributed by atoms with van der Waals surface area (Å²) in [5.41, 5.74) is 2.61. The van der Waals surface area contributed by atoms with Gasteiger partial charge in [0, 0.05) is 28.1 Å². The average Bonchev–Trinajstić information content (AvgIpc) is 2.82. The van der Waals surface area contributed by atoms with Crippen molar-refractivity contribution in [1.29, 1.82) is 0 Å². The number of hydrogen-bond donors (Lipinski definition) is 2. The molecule has 0 fully saturated rings. The molecule has 0 radical (unpaired) electrons. The minimum absolute atomic E-state index is 0.616. The highest BCUT2D eigenvalue weighted by molar-refractivity contribution is 7.91. The van der Waals surface area contributed by atoms with Gasteiger partial charge in [-0.15, -0.1) is 0 Å².